The second-order valence-electron chi connectivity index (χ2n) is 4.40. The minimum Gasteiger partial charge on any atom is -0.493 e. The monoisotopic (exact) mass is 272 g/mol. The molecule has 0 aromatic heterocycles. The maximum atomic E-state index is 11.2. The van der Waals surface area contributed by atoms with Gasteiger partial charge in [0.2, 0.25) is 0 Å². The summed E-state index contributed by atoms with van der Waals surface area (Å²) in [5, 5.41) is 9.18. The normalized spacial score (nSPS) is 10.2. The number of methoxy groups -OCH3 is 2. The predicted octanol–water partition coefficient (Wildman–Crippen LogP) is 3.38. The van der Waals surface area contributed by atoms with Gasteiger partial charge in [-0.3, -0.25) is 0 Å². The highest BCUT2D eigenvalue weighted by Gasteiger charge is 2.11. The van der Waals surface area contributed by atoms with Gasteiger partial charge in [-0.2, -0.15) is 0 Å². The van der Waals surface area contributed by atoms with Gasteiger partial charge >= 0.3 is 5.97 Å². The Hall–Kier alpha value is -2.49. The number of ether oxygens (including phenoxy) is 2. The largest absolute Gasteiger partial charge is 0.493 e. The maximum absolute atomic E-state index is 11.2. The molecule has 0 unspecified atom stereocenters. The molecule has 0 saturated carbocycles. The Morgan fingerprint density at radius 3 is 2.15 bits per heavy atom. The fraction of sp³-hybridized carbons (Fsp3) is 0.188. The van der Waals surface area contributed by atoms with Crippen molar-refractivity contribution in [2.24, 2.45) is 0 Å². The van der Waals surface area contributed by atoms with Gasteiger partial charge in [-0.15, -0.1) is 0 Å². The van der Waals surface area contributed by atoms with E-state index in [1.54, 1.807) is 39.3 Å². The van der Waals surface area contributed by atoms with Crippen molar-refractivity contribution in [3.8, 4) is 22.6 Å². The average molecular weight is 272 g/mol. The van der Waals surface area contributed by atoms with Crippen LogP contribution in [0.2, 0.25) is 0 Å². The molecule has 0 amide bonds. The lowest BCUT2D eigenvalue weighted by atomic mass is 9.99. The molecule has 0 aliphatic carbocycles. The van der Waals surface area contributed by atoms with Crippen molar-refractivity contribution in [3.63, 3.8) is 0 Å². The van der Waals surface area contributed by atoms with Crippen LogP contribution < -0.4 is 9.47 Å². The van der Waals surface area contributed by atoms with E-state index in [2.05, 4.69) is 0 Å². The van der Waals surface area contributed by atoms with Gasteiger partial charge in [0.05, 0.1) is 19.8 Å². The quantitative estimate of drug-likeness (QED) is 0.927. The van der Waals surface area contributed by atoms with Gasteiger partial charge in [-0.1, -0.05) is 18.2 Å². The van der Waals surface area contributed by atoms with Crippen LogP contribution in [0, 0.1) is 6.92 Å². The number of aryl methyl sites for hydroxylation is 1. The van der Waals surface area contributed by atoms with E-state index in [0.29, 0.717) is 17.1 Å². The molecule has 0 atom stereocenters. The first-order valence-electron chi connectivity index (χ1n) is 6.13. The number of carbonyl (C=O) groups is 1. The van der Waals surface area contributed by atoms with Gasteiger partial charge in [0, 0.05) is 0 Å². The Balaban J connectivity index is 2.51. The highest BCUT2D eigenvalue weighted by molar-refractivity contribution is 5.91. The lowest BCUT2D eigenvalue weighted by Crippen LogP contribution is -1.99. The van der Waals surface area contributed by atoms with Crippen LogP contribution in [0.1, 0.15) is 15.9 Å². The summed E-state index contributed by atoms with van der Waals surface area (Å²) in [6, 6.07) is 10.9. The lowest BCUT2D eigenvalue weighted by Gasteiger charge is -2.10. The molecule has 104 valence electrons. The zero-order valence-electron chi connectivity index (χ0n) is 11.6. The second-order valence-corrected chi connectivity index (χ2v) is 4.40. The minimum absolute atomic E-state index is 0.303. The summed E-state index contributed by atoms with van der Waals surface area (Å²) >= 11 is 0. The molecule has 2 rings (SSSR count). The van der Waals surface area contributed by atoms with Crippen molar-refractivity contribution in [2.75, 3.05) is 14.2 Å². The van der Waals surface area contributed by atoms with E-state index >= 15 is 0 Å². The Morgan fingerprint density at radius 1 is 0.950 bits per heavy atom. The molecule has 0 bridgehead atoms. The number of aromatic carboxylic acids is 1. The van der Waals surface area contributed by atoms with E-state index in [0.717, 1.165) is 16.7 Å². The summed E-state index contributed by atoms with van der Waals surface area (Å²) in [5.74, 6) is 0.328. The Labute approximate surface area is 117 Å². The van der Waals surface area contributed by atoms with E-state index in [1.165, 1.54) is 0 Å². The van der Waals surface area contributed by atoms with Crippen LogP contribution in [0.15, 0.2) is 36.4 Å². The van der Waals surface area contributed by atoms with Gasteiger partial charge < -0.3 is 14.6 Å². The molecule has 20 heavy (non-hydrogen) atoms. The Morgan fingerprint density at radius 2 is 1.55 bits per heavy atom. The molecule has 1 N–H and O–H groups in total. The number of hydrogen-bond acceptors (Lipinski definition) is 3. The SMILES string of the molecule is COc1ccc(-c2ccc(C)c(C(=O)O)c2)cc1OC. The standard InChI is InChI=1S/C16H16O4/c1-10-4-5-11(8-13(10)16(17)18)12-6-7-14(19-2)15(9-12)20-3/h4-9H,1-3H3,(H,17,18). The first-order valence-corrected chi connectivity index (χ1v) is 6.13. The van der Waals surface area contributed by atoms with E-state index in [9.17, 15) is 9.90 Å². The van der Waals surface area contributed by atoms with Crippen molar-refractivity contribution in [2.45, 2.75) is 6.92 Å². The number of benzene rings is 2. The van der Waals surface area contributed by atoms with Crippen molar-refractivity contribution >= 4 is 5.97 Å². The number of hydrogen-bond donors (Lipinski definition) is 1. The third-order valence-corrected chi connectivity index (χ3v) is 3.18. The Kier molecular flexibility index (Phi) is 3.94. The molecule has 0 aliphatic rings. The molecule has 0 saturated heterocycles. The molecule has 0 aliphatic heterocycles. The third kappa shape index (κ3) is 2.59. The average Bonchev–Trinajstić information content (AvgIpc) is 2.46. The van der Waals surface area contributed by atoms with Gasteiger partial charge in [0.15, 0.2) is 11.5 Å². The van der Waals surface area contributed by atoms with E-state index < -0.39 is 5.97 Å². The molecule has 2 aromatic rings. The first-order chi connectivity index (χ1) is 9.56. The summed E-state index contributed by atoms with van der Waals surface area (Å²) in [6.07, 6.45) is 0. The second kappa shape index (κ2) is 5.65. The van der Waals surface area contributed by atoms with Crippen LogP contribution in [0.25, 0.3) is 11.1 Å². The van der Waals surface area contributed by atoms with Gasteiger partial charge in [0.25, 0.3) is 0 Å². The predicted molar refractivity (Wildman–Crippen MR) is 76.7 cm³/mol. The van der Waals surface area contributed by atoms with Crippen LogP contribution in [0.4, 0.5) is 0 Å². The molecule has 2 aromatic carbocycles. The van der Waals surface area contributed by atoms with Crippen molar-refractivity contribution in [1.82, 2.24) is 0 Å². The van der Waals surface area contributed by atoms with Crippen LogP contribution in [-0.2, 0) is 0 Å². The molecule has 0 radical (unpaired) electrons. The van der Waals surface area contributed by atoms with Crippen LogP contribution in [0.5, 0.6) is 11.5 Å². The van der Waals surface area contributed by atoms with Crippen molar-refractivity contribution in [3.05, 3.63) is 47.5 Å². The molecule has 0 fully saturated rings. The number of carboxylic acid groups (broad SMARTS) is 1. The highest BCUT2D eigenvalue weighted by atomic mass is 16.5. The number of rotatable bonds is 4. The van der Waals surface area contributed by atoms with Crippen molar-refractivity contribution < 1.29 is 19.4 Å². The van der Waals surface area contributed by atoms with Crippen molar-refractivity contribution in [1.29, 1.82) is 0 Å². The molecule has 0 spiro atoms. The topological polar surface area (TPSA) is 55.8 Å². The number of carboxylic acids is 1. The summed E-state index contributed by atoms with van der Waals surface area (Å²) in [4.78, 5) is 11.2. The Bertz CT molecular complexity index is 647. The summed E-state index contributed by atoms with van der Waals surface area (Å²) in [7, 11) is 3.14. The molecule has 4 heteroatoms. The van der Waals surface area contributed by atoms with Crippen LogP contribution >= 0.6 is 0 Å². The fourth-order valence-corrected chi connectivity index (χ4v) is 2.05. The zero-order chi connectivity index (χ0) is 14.7. The van der Waals surface area contributed by atoms with Crippen LogP contribution in [0.3, 0.4) is 0 Å². The van der Waals surface area contributed by atoms with Gasteiger partial charge in [-0.25, -0.2) is 4.79 Å². The first kappa shape index (κ1) is 13.9. The highest BCUT2D eigenvalue weighted by Crippen LogP contribution is 2.32. The zero-order valence-corrected chi connectivity index (χ0v) is 11.6. The maximum Gasteiger partial charge on any atom is 0.335 e. The minimum atomic E-state index is -0.926. The molecular weight excluding hydrogens is 256 g/mol. The van der Waals surface area contributed by atoms with Gasteiger partial charge in [0.1, 0.15) is 0 Å². The lowest BCUT2D eigenvalue weighted by molar-refractivity contribution is 0.0696. The van der Waals surface area contributed by atoms with E-state index in [4.69, 9.17) is 9.47 Å². The molecular formula is C16H16O4. The summed E-state index contributed by atoms with van der Waals surface area (Å²) in [5.41, 5.74) is 2.75. The van der Waals surface area contributed by atoms with Crippen LogP contribution in [-0.4, -0.2) is 25.3 Å². The van der Waals surface area contributed by atoms with Gasteiger partial charge in [-0.05, 0) is 41.8 Å². The molecule has 0 heterocycles. The smallest absolute Gasteiger partial charge is 0.335 e. The summed E-state index contributed by atoms with van der Waals surface area (Å²) < 4.78 is 10.4. The van der Waals surface area contributed by atoms with E-state index in [-0.39, 0.29) is 0 Å². The third-order valence-electron chi connectivity index (χ3n) is 3.18. The van der Waals surface area contributed by atoms with E-state index in [1.807, 2.05) is 18.2 Å². The summed E-state index contributed by atoms with van der Waals surface area (Å²) in [6.45, 7) is 1.78. The molecule has 4 nitrogen and oxygen atoms in total. The fourth-order valence-electron chi connectivity index (χ4n) is 2.05.